The van der Waals surface area contributed by atoms with Gasteiger partial charge >= 0.3 is 6.03 Å². The molecule has 0 spiro atoms. The maximum atomic E-state index is 12.1. The average molecular weight is 260 g/mol. The van der Waals surface area contributed by atoms with Gasteiger partial charge < -0.3 is 10.2 Å². The number of piperazine rings is 1. The summed E-state index contributed by atoms with van der Waals surface area (Å²) in [5.41, 5.74) is 0.854. The molecule has 4 nitrogen and oxygen atoms in total. The molecule has 2 amide bonds. The fourth-order valence-electron chi connectivity index (χ4n) is 2.28. The smallest absolute Gasteiger partial charge is 0.321 e. The van der Waals surface area contributed by atoms with Crippen LogP contribution in [0.3, 0.4) is 0 Å². The van der Waals surface area contributed by atoms with Gasteiger partial charge in [-0.25, -0.2) is 4.79 Å². The summed E-state index contributed by atoms with van der Waals surface area (Å²) in [6.45, 7) is 8.83. The minimum Gasteiger partial charge on any atom is -0.322 e. The summed E-state index contributed by atoms with van der Waals surface area (Å²) in [6.07, 6.45) is 0. The molecular weight excluding hydrogens is 238 g/mol. The maximum Gasteiger partial charge on any atom is 0.321 e. The lowest BCUT2D eigenvalue weighted by molar-refractivity contribution is 0.150. The van der Waals surface area contributed by atoms with E-state index in [2.05, 4.69) is 24.1 Å². The van der Waals surface area contributed by atoms with Crippen molar-refractivity contribution in [2.45, 2.75) is 13.8 Å². The van der Waals surface area contributed by atoms with E-state index < -0.39 is 0 Å². The molecule has 1 fully saturated rings. The number of urea groups is 1. The van der Waals surface area contributed by atoms with Crippen molar-refractivity contribution in [2.24, 2.45) is 0 Å². The Kier molecular flexibility index (Phi) is 4.80. The highest BCUT2D eigenvalue weighted by Gasteiger charge is 2.21. The van der Waals surface area contributed by atoms with Crippen molar-refractivity contribution >= 4 is 11.7 Å². The van der Waals surface area contributed by atoms with Gasteiger partial charge in [-0.1, -0.05) is 32.0 Å². The summed E-state index contributed by atoms with van der Waals surface area (Å²) in [5.74, 6) is 1.42. The second-order valence-electron chi connectivity index (χ2n) is 5.27. The van der Waals surface area contributed by atoms with Crippen LogP contribution >= 0.6 is 0 Å². The Labute approximate surface area is 115 Å². The number of benzene rings is 1. The van der Waals surface area contributed by atoms with E-state index >= 15 is 0 Å². The number of hydrogen-bond acceptors (Lipinski definition) is 2. The number of anilines is 1. The molecule has 1 aromatic carbocycles. The minimum atomic E-state index is 0.00282. The van der Waals surface area contributed by atoms with E-state index in [9.17, 15) is 4.79 Å². The average Bonchev–Trinajstić information content (AvgIpc) is 2.40. The highest BCUT2D eigenvalue weighted by Crippen LogP contribution is 2.10. The molecule has 0 unspecified atom stereocenters. The molecule has 0 bridgehead atoms. The van der Waals surface area contributed by atoms with Crippen LogP contribution in [0.2, 0.25) is 0 Å². The molecule has 0 aromatic heterocycles. The Balaban J connectivity index is 1.79. The van der Waals surface area contributed by atoms with Crippen LogP contribution in [0.5, 0.6) is 0 Å². The van der Waals surface area contributed by atoms with E-state index in [1.807, 2.05) is 35.2 Å². The second kappa shape index (κ2) is 6.57. The van der Waals surface area contributed by atoms with Crippen molar-refractivity contribution < 1.29 is 4.79 Å². The Morgan fingerprint density at radius 1 is 1.11 bits per heavy atom. The Morgan fingerprint density at radius 3 is 2.32 bits per heavy atom. The minimum absolute atomic E-state index is 0.00282. The third-order valence-electron chi connectivity index (χ3n) is 3.22. The number of rotatable bonds is 3. The van der Waals surface area contributed by atoms with Gasteiger partial charge in [0.25, 0.3) is 0 Å². The van der Waals surface area contributed by atoms with Gasteiger partial charge in [0.2, 0.25) is 0 Å². The van der Waals surface area contributed by atoms with Gasteiger partial charge in [-0.15, -0.1) is 0 Å². The molecule has 19 heavy (non-hydrogen) atoms. The van der Waals surface area contributed by atoms with E-state index in [-0.39, 0.29) is 6.03 Å². The molecular formula is C15H22N3O. The number of amides is 2. The number of carbonyl (C=O) groups excluding carboxylic acids is 1. The number of hydrogen-bond donors (Lipinski definition) is 1. The van der Waals surface area contributed by atoms with Gasteiger partial charge in [-0.2, -0.15) is 0 Å². The molecule has 1 heterocycles. The zero-order chi connectivity index (χ0) is 13.7. The molecule has 1 aliphatic heterocycles. The number of carbonyl (C=O) groups is 1. The molecule has 103 valence electrons. The van der Waals surface area contributed by atoms with Crippen molar-refractivity contribution in [1.29, 1.82) is 0 Å². The van der Waals surface area contributed by atoms with Crippen LogP contribution < -0.4 is 5.32 Å². The normalized spacial score (nSPS) is 16.7. The van der Waals surface area contributed by atoms with Gasteiger partial charge in [0.05, 0.1) is 0 Å². The molecule has 4 heteroatoms. The molecule has 1 saturated heterocycles. The van der Waals surface area contributed by atoms with Crippen molar-refractivity contribution in [3.8, 4) is 0 Å². The van der Waals surface area contributed by atoms with Crippen LogP contribution in [-0.2, 0) is 0 Å². The zero-order valence-corrected chi connectivity index (χ0v) is 11.7. The molecule has 1 aromatic rings. The summed E-state index contributed by atoms with van der Waals surface area (Å²) >= 11 is 0. The van der Waals surface area contributed by atoms with Gasteiger partial charge in [-0.05, 0) is 18.1 Å². The van der Waals surface area contributed by atoms with Crippen molar-refractivity contribution in [2.75, 3.05) is 38.0 Å². The SMILES string of the molecule is C[C](C)CN1CCN(C(=O)Nc2ccccc2)CC1. The van der Waals surface area contributed by atoms with Crippen LogP contribution in [0, 0.1) is 5.92 Å². The summed E-state index contributed by atoms with van der Waals surface area (Å²) in [6, 6.07) is 9.61. The van der Waals surface area contributed by atoms with Crippen LogP contribution in [-0.4, -0.2) is 48.6 Å². The fraction of sp³-hybridized carbons (Fsp3) is 0.467. The van der Waals surface area contributed by atoms with Gasteiger partial charge in [-0.3, -0.25) is 4.90 Å². The van der Waals surface area contributed by atoms with E-state index in [1.54, 1.807) is 0 Å². The third-order valence-corrected chi connectivity index (χ3v) is 3.22. The van der Waals surface area contributed by atoms with Crippen molar-refractivity contribution in [1.82, 2.24) is 9.80 Å². The summed E-state index contributed by atoms with van der Waals surface area (Å²) < 4.78 is 0. The summed E-state index contributed by atoms with van der Waals surface area (Å²) in [4.78, 5) is 16.4. The van der Waals surface area contributed by atoms with Crippen LogP contribution in [0.1, 0.15) is 13.8 Å². The van der Waals surface area contributed by atoms with E-state index in [0.717, 1.165) is 38.4 Å². The van der Waals surface area contributed by atoms with Crippen molar-refractivity contribution in [3.63, 3.8) is 0 Å². The first-order chi connectivity index (χ1) is 9.15. The molecule has 1 N–H and O–H groups in total. The summed E-state index contributed by atoms with van der Waals surface area (Å²) in [7, 11) is 0. The quantitative estimate of drug-likeness (QED) is 0.906. The first kappa shape index (κ1) is 13.9. The fourth-order valence-corrected chi connectivity index (χ4v) is 2.28. The predicted octanol–water partition coefficient (Wildman–Crippen LogP) is 2.45. The lowest BCUT2D eigenvalue weighted by atomic mass is 10.2. The lowest BCUT2D eigenvalue weighted by Crippen LogP contribution is -2.50. The Morgan fingerprint density at radius 2 is 1.74 bits per heavy atom. The zero-order valence-electron chi connectivity index (χ0n) is 11.7. The van der Waals surface area contributed by atoms with Gasteiger partial charge in [0, 0.05) is 38.4 Å². The third kappa shape index (κ3) is 4.24. The summed E-state index contributed by atoms with van der Waals surface area (Å²) in [5, 5.41) is 2.93. The van der Waals surface area contributed by atoms with Crippen LogP contribution in [0.25, 0.3) is 0 Å². The molecule has 1 aliphatic rings. The highest BCUT2D eigenvalue weighted by atomic mass is 16.2. The van der Waals surface area contributed by atoms with E-state index in [1.165, 1.54) is 5.92 Å². The van der Waals surface area contributed by atoms with Crippen molar-refractivity contribution in [3.05, 3.63) is 36.2 Å². The van der Waals surface area contributed by atoms with E-state index in [4.69, 9.17) is 0 Å². The molecule has 0 atom stereocenters. The predicted molar refractivity (Wildman–Crippen MR) is 78.1 cm³/mol. The molecule has 0 aliphatic carbocycles. The van der Waals surface area contributed by atoms with Gasteiger partial charge in [0.1, 0.15) is 0 Å². The number of para-hydroxylation sites is 1. The van der Waals surface area contributed by atoms with Gasteiger partial charge in [0.15, 0.2) is 0 Å². The highest BCUT2D eigenvalue weighted by molar-refractivity contribution is 5.89. The Bertz CT molecular complexity index is 397. The Hall–Kier alpha value is -1.55. The number of nitrogens with zero attached hydrogens (tertiary/aromatic N) is 2. The first-order valence-corrected chi connectivity index (χ1v) is 6.77. The maximum absolute atomic E-state index is 12.1. The van der Waals surface area contributed by atoms with Crippen LogP contribution in [0.4, 0.5) is 10.5 Å². The van der Waals surface area contributed by atoms with E-state index in [0.29, 0.717) is 0 Å². The molecule has 0 saturated carbocycles. The molecule has 2 rings (SSSR count). The second-order valence-corrected chi connectivity index (χ2v) is 5.27. The molecule has 1 radical (unpaired) electrons. The lowest BCUT2D eigenvalue weighted by Gasteiger charge is -2.35. The monoisotopic (exact) mass is 260 g/mol. The number of nitrogens with one attached hydrogen (secondary N) is 1. The van der Waals surface area contributed by atoms with Crippen LogP contribution in [0.15, 0.2) is 30.3 Å². The topological polar surface area (TPSA) is 35.6 Å². The first-order valence-electron chi connectivity index (χ1n) is 6.77. The largest absolute Gasteiger partial charge is 0.322 e. The standard InChI is InChI=1S/C15H22N3O/c1-13(2)12-17-8-10-18(11-9-17)15(19)16-14-6-4-3-5-7-14/h3-7H,8-12H2,1-2H3,(H,16,19).